The summed E-state index contributed by atoms with van der Waals surface area (Å²) in [7, 11) is 0. The molecular formula is C14H17F3O3. The Bertz CT molecular complexity index is 461. The summed E-state index contributed by atoms with van der Waals surface area (Å²) in [5, 5.41) is 10.7. The Morgan fingerprint density at radius 2 is 2.10 bits per heavy atom. The normalized spacial score (nSPS) is 27.4. The standard InChI is InChI=1S/C14H17F3O3/c1-2-10-9-13(18,7-8-19-10)11-5-3-4-6-12(11)20-14(15,16)17/h3-6,10,18H,2,7-9H2,1H3. The van der Waals surface area contributed by atoms with Crippen LogP contribution >= 0.6 is 0 Å². The number of alkyl halides is 3. The molecule has 20 heavy (non-hydrogen) atoms. The molecule has 0 aliphatic carbocycles. The van der Waals surface area contributed by atoms with E-state index in [1.165, 1.54) is 18.2 Å². The number of aliphatic hydroxyl groups is 1. The van der Waals surface area contributed by atoms with Crippen molar-refractivity contribution in [3.8, 4) is 5.75 Å². The Hall–Kier alpha value is -1.27. The zero-order chi connectivity index (χ0) is 14.8. The average molecular weight is 290 g/mol. The van der Waals surface area contributed by atoms with Crippen LogP contribution in [0.1, 0.15) is 31.7 Å². The molecule has 0 bridgehead atoms. The Morgan fingerprint density at radius 1 is 1.40 bits per heavy atom. The maximum atomic E-state index is 12.4. The third kappa shape index (κ3) is 3.43. The molecule has 1 fully saturated rings. The summed E-state index contributed by atoms with van der Waals surface area (Å²) in [6, 6.07) is 5.73. The largest absolute Gasteiger partial charge is 0.573 e. The van der Waals surface area contributed by atoms with Gasteiger partial charge in [-0.15, -0.1) is 13.2 Å². The maximum absolute atomic E-state index is 12.4. The highest BCUT2D eigenvalue weighted by molar-refractivity contribution is 5.38. The van der Waals surface area contributed by atoms with Gasteiger partial charge in [-0.05, 0) is 12.5 Å². The highest BCUT2D eigenvalue weighted by atomic mass is 19.4. The van der Waals surface area contributed by atoms with Gasteiger partial charge in [0.15, 0.2) is 0 Å². The van der Waals surface area contributed by atoms with Gasteiger partial charge in [-0.1, -0.05) is 25.1 Å². The SMILES string of the molecule is CCC1CC(O)(c2ccccc2OC(F)(F)F)CCO1. The first-order chi connectivity index (χ1) is 9.34. The van der Waals surface area contributed by atoms with Gasteiger partial charge in [0.05, 0.1) is 18.3 Å². The van der Waals surface area contributed by atoms with Crippen molar-refractivity contribution in [2.24, 2.45) is 0 Å². The van der Waals surface area contributed by atoms with Crippen molar-refractivity contribution in [3.63, 3.8) is 0 Å². The first kappa shape index (κ1) is 15.1. The average Bonchev–Trinajstić information content (AvgIpc) is 2.37. The van der Waals surface area contributed by atoms with Crippen LogP contribution in [0, 0.1) is 0 Å². The fourth-order valence-corrected chi connectivity index (χ4v) is 2.50. The van der Waals surface area contributed by atoms with Gasteiger partial charge >= 0.3 is 6.36 Å². The smallest absolute Gasteiger partial charge is 0.405 e. The predicted molar refractivity (Wildman–Crippen MR) is 66.3 cm³/mol. The molecule has 112 valence electrons. The van der Waals surface area contributed by atoms with Crippen LogP contribution in [0.5, 0.6) is 5.75 Å². The molecule has 0 amide bonds. The second-order valence-electron chi connectivity index (χ2n) is 4.93. The van der Waals surface area contributed by atoms with Crippen molar-refractivity contribution >= 4 is 0 Å². The van der Waals surface area contributed by atoms with Crippen LogP contribution in [0.15, 0.2) is 24.3 Å². The van der Waals surface area contributed by atoms with E-state index in [2.05, 4.69) is 4.74 Å². The van der Waals surface area contributed by atoms with Crippen LogP contribution in [-0.2, 0) is 10.3 Å². The number of hydrogen-bond donors (Lipinski definition) is 1. The summed E-state index contributed by atoms with van der Waals surface area (Å²) in [5.74, 6) is -0.348. The Morgan fingerprint density at radius 3 is 2.75 bits per heavy atom. The molecule has 1 aliphatic heterocycles. The quantitative estimate of drug-likeness (QED) is 0.927. The molecule has 0 radical (unpaired) electrons. The lowest BCUT2D eigenvalue weighted by Crippen LogP contribution is -2.39. The van der Waals surface area contributed by atoms with Gasteiger partial charge in [0, 0.05) is 18.4 Å². The fourth-order valence-electron chi connectivity index (χ4n) is 2.50. The van der Waals surface area contributed by atoms with Crippen molar-refractivity contribution in [2.75, 3.05) is 6.61 Å². The molecule has 0 aromatic heterocycles. The summed E-state index contributed by atoms with van der Waals surface area (Å²) >= 11 is 0. The molecule has 6 heteroatoms. The molecule has 3 nitrogen and oxygen atoms in total. The summed E-state index contributed by atoms with van der Waals surface area (Å²) in [4.78, 5) is 0. The van der Waals surface area contributed by atoms with Crippen molar-refractivity contribution in [1.82, 2.24) is 0 Å². The molecule has 1 saturated heterocycles. The molecule has 0 spiro atoms. The molecule has 1 aromatic carbocycles. The summed E-state index contributed by atoms with van der Waals surface area (Å²) in [6.07, 6.45) is -3.72. The molecular weight excluding hydrogens is 273 g/mol. The molecule has 2 rings (SSSR count). The summed E-state index contributed by atoms with van der Waals surface area (Å²) < 4.78 is 46.8. The van der Waals surface area contributed by atoms with Gasteiger partial charge in [-0.25, -0.2) is 0 Å². The van der Waals surface area contributed by atoms with Crippen LogP contribution < -0.4 is 4.74 Å². The fraction of sp³-hybridized carbons (Fsp3) is 0.571. The zero-order valence-corrected chi connectivity index (χ0v) is 11.1. The van der Waals surface area contributed by atoms with Crippen molar-refractivity contribution in [1.29, 1.82) is 0 Å². The third-order valence-electron chi connectivity index (χ3n) is 3.50. The lowest BCUT2D eigenvalue weighted by Gasteiger charge is -2.37. The van der Waals surface area contributed by atoms with E-state index in [-0.39, 0.29) is 30.3 Å². The molecule has 0 saturated carbocycles. The van der Waals surface area contributed by atoms with E-state index in [4.69, 9.17) is 4.74 Å². The molecule has 2 unspecified atom stereocenters. The monoisotopic (exact) mass is 290 g/mol. The van der Waals surface area contributed by atoms with Crippen molar-refractivity contribution < 1.29 is 27.8 Å². The van der Waals surface area contributed by atoms with E-state index in [0.717, 1.165) is 0 Å². The van der Waals surface area contributed by atoms with Crippen molar-refractivity contribution in [2.45, 2.75) is 44.3 Å². The molecule has 1 aromatic rings. The van der Waals surface area contributed by atoms with Gasteiger partial charge < -0.3 is 14.6 Å². The minimum atomic E-state index is -4.78. The molecule has 1 N–H and O–H groups in total. The number of hydrogen-bond acceptors (Lipinski definition) is 3. The number of para-hydroxylation sites is 1. The van der Waals surface area contributed by atoms with E-state index in [1.54, 1.807) is 6.07 Å². The maximum Gasteiger partial charge on any atom is 0.573 e. The predicted octanol–water partition coefficient (Wildman–Crippen LogP) is 3.36. The van der Waals surface area contributed by atoms with E-state index >= 15 is 0 Å². The third-order valence-corrected chi connectivity index (χ3v) is 3.50. The van der Waals surface area contributed by atoms with Gasteiger partial charge in [0.1, 0.15) is 5.75 Å². The first-order valence-electron chi connectivity index (χ1n) is 6.53. The molecule has 1 aliphatic rings. The summed E-state index contributed by atoms with van der Waals surface area (Å²) in [6.45, 7) is 2.23. The van der Waals surface area contributed by atoms with E-state index in [0.29, 0.717) is 13.0 Å². The summed E-state index contributed by atoms with van der Waals surface area (Å²) in [5.41, 5.74) is -1.18. The number of benzene rings is 1. The molecule has 1 heterocycles. The first-order valence-corrected chi connectivity index (χ1v) is 6.53. The van der Waals surface area contributed by atoms with Gasteiger partial charge in [-0.2, -0.15) is 0 Å². The van der Waals surface area contributed by atoms with Crippen LogP contribution in [0.4, 0.5) is 13.2 Å². The number of halogens is 3. The second-order valence-corrected chi connectivity index (χ2v) is 4.93. The molecule has 2 atom stereocenters. The second kappa shape index (κ2) is 5.61. The topological polar surface area (TPSA) is 38.7 Å². The Balaban J connectivity index is 2.31. The van der Waals surface area contributed by atoms with Crippen LogP contribution in [0.25, 0.3) is 0 Å². The van der Waals surface area contributed by atoms with Gasteiger partial charge in [0.2, 0.25) is 0 Å². The Kier molecular flexibility index (Phi) is 4.25. The van der Waals surface area contributed by atoms with Gasteiger partial charge in [-0.3, -0.25) is 0 Å². The van der Waals surface area contributed by atoms with Gasteiger partial charge in [0.25, 0.3) is 0 Å². The lowest BCUT2D eigenvalue weighted by molar-refractivity contribution is -0.275. The van der Waals surface area contributed by atoms with E-state index in [1.807, 2.05) is 6.92 Å². The van der Waals surface area contributed by atoms with Crippen LogP contribution in [0.2, 0.25) is 0 Å². The lowest BCUT2D eigenvalue weighted by atomic mass is 9.82. The highest BCUT2D eigenvalue weighted by Gasteiger charge is 2.40. The Labute approximate surface area is 115 Å². The van der Waals surface area contributed by atoms with Crippen LogP contribution in [0.3, 0.4) is 0 Å². The minimum absolute atomic E-state index is 0.160. The zero-order valence-electron chi connectivity index (χ0n) is 11.1. The highest BCUT2D eigenvalue weighted by Crippen LogP contribution is 2.41. The number of rotatable bonds is 3. The minimum Gasteiger partial charge on any atom is -0.405 e. The van der Waals surface area contributed by atoms with E-state index in [9.17, 15) is 18.3 Å². The van der Waals surface area contributed by atoms with Crippen LogP contribution in [-0.4, -0.2) is 24.2 Å². The number of ether oxygens (including phenoxy) is 2. The van der Waals surface area contributed by atoms with E-state index < -0.39 is 12.0 Å². The van der Waals surface area contributed by atoms with Crippen molar-refractivity contribution in [3.05, 3.63) is 29.8 Å².